The summed E-state index contributed by atoms with van der Waals surface area (Å²) in [5.74, 6) is 1.35. The van der Waals surface area contributed by atoms with Gasteiger partial charge in [0.15, 0.2) is 0 Å². The van der Waals surface area contributed by atoms with Gasteiger partial charge in [-0.2, -0.15) is 0 Å². The number of benzene rings is 3. The average molecular weight is 469 g/mol. The second-order valence-corrected chi connectivity index (χ2v) is 11.2. The van der Waals surface area contributed by atoms with E-state index in [9.17, 15) is 5.11 Å². The number of piperidine rings is 1. The number of aliphatic hydroxyl groups is 1. The van der Waals surface area contributed by atoms with Crippen molar-refractivity contribution in [3.8, 4) is 5.75 Å². The lowest BCUT2D eigenvalue weighted by Crippen LogP contribution is -2.47. The van der Waals surface area contributed by atoms with Crippen molar-refractivity contribution < 1.29 is 9.84 Å². The molecule has 5 heteroatoms. The highest BCUT2D eigenvalue weighted by Crippen LogP contribution is 2.60. The Morgan fingerprint density at radius 1 is 1.00 bits per heavy atom. The summed E-state index contributed by atoms with van der Waals surface area (Å²) in [5, 5.41) is 12.4. The molecule has 1 N–H and O–H groups in total. The minimum absolute atomic E-state index is 0.0692. The zero-order valence-corrected chi connectivity index (χ0v) is 20.1. The molecular formula is C29H28N2O2S. The Balaban J connectivity index is 1.15. The van der Waals surface area contributed by atoms with Crippen molar-refractivity contribution in [2.24, 2.45) is 0 Å². The van der Waals surface area contributed by atoms with E-state index in [1.165, 1.54) is 28.7 Å². The topological polar surface area (TPSA) is 45.6 Å². The van der Waals surface area contributed by atoms with E-state index in [0.717, 1.165) is 40.6 Å². The molecule has 2 bridgehead atoms. The van der Waals surface area contributed by atoms with Gasteiger partial charge in [0, 0.05) is 31.0 Å². The molecule has 0 unspecified atom stereocenters. The summed E-state index contributed by atoms with van der Waals surface area (Å²) in [6, 6.07) is 24.0. The maximum Gasteiger partial charge on any atom is 0.126 e. The van der Waals surface area contributed by atoms with Gasteiger partial charge in [-0.3, -0.25) is 0 Å². The smallest absolute Gasteiger partial charge is 0.126 e. The van der Waals surface area contributed by atoms with Gasteiger partial charge in [-0.25, -0.2) is 4.98 Å². The highest BCUT2D eigenvalue weighted by Gasteiger charge is 2.53. The van der Waals surface area contributed by atoms with Crippen LogP contribution in [0.3, 0.4) is 0 Å². The van der Waals surface area contributed by atoms with Gasteiger partial charge in [0.05, 0.1) is 17.3 Å². The van der Waals surface area contributed by atoms with Gasteiger partial charge in [-0.15, -0.1) is 11.3 Å². The number of likely N-dealkylation sites (tertiary alicyclic amines) is 1. The molecular weight excluding hydrogens is 440 g/mol. The summed E-state index contributed by atoms with van der Waals surface area (Å²) < 4.78 is 6.43. The van der Waals surface area contributed by atoms with Crippen molar-refractivity contribution >= 4 is 21.6 Å². The van der Waals surface area contributed by atoms with Crippen molar-refractivity contribution in [1.29, 1.82) is 0 Å². The lowest BCUT2D eigenvalue weighted by molar-refractivity contribution is -0.0289. The van der Waals surface area contributed by atoms with Crippen LogP contribution in [0.15, 0.2) is 66.7 Å². The number of fused-ring (bicyclic) bond motifs is 9. The largest absolute Gasteiger partial charge is 0.497 e. The van der Waals surface area contributed by atoms with Crippen LogP contribution >= 0.6 is 11.3 Å². The molecule has 3 aliphatic rings. The predicted octanol–water partition coefficient (Wildman–Crippen LogP) is 5.42. The van der Waals surface area contributed by atoms with E-state index in [4.69, 9.17) is 9.72 Å². The Hall–Kier alpha value is -2.73. The molecule has 0 amide bonds. The standard InChI is InChI=1S/C29H28N2O2S/c1-33-19-10-11-25-26(16-19)34-27(30-25)29(32)12-14-31(15-13-29)18-28-17-22(20-6-2-4-8-23(20)28)21-7-3-5-9-24(21)28/h2-11,16,22,32H,12-15,17-18H2,1H3. The zero-order valence-electron chi connectivity index (χ0n) is 19.3. The van der Waals surface area contributed by atoms with E-state index in [-0.39, 0.29) is 5.41 Å². The number of ether oxygens (including phenoxy) is 1. The molecule has 34 heavy (non-hydrogen) atoms. The van der Waals surface area contributed by atoms with Crippen LogP contribution in [-0.4, -0.2) is 41.7 Å². The Morgan fingerprint density at radius 2 is 1.68 bits per heavy atom. The first-order valence-electron chi connectivity index (χ1n) is 12.2. The Bertz CT molecular complexity index is 1350. The molecule has 0 radical (unpaired) electrons. The van der Waals surface area contributed by atoms with Crippen LogP contribution in [0.25, 0.3) is 10.2 Å². The number of methoxy groups -OCH3 is 1. The second-order valence-electron chi connectivity index (χ2n) is 10.2. The Labute approximate surface area is 203 Å². The van der Waals surface area contributed by atoms with Crippen molar-refractivity contribution in [1.82, 2.24) is 9.88 Å². The summed E-state index contributed by atoms with van der Waals surface area (Å²) in [6.45, 7) is 2.78. The summed E-state index contributed by atoms with van der Waals surface area (Å²) in [5.41, 5.74) is 6.21. The highest BCUT2D eigenvalue weighted by molar-refractivity contribution is 7.18. The van der Waals surface area contributed by atoms with Gasteiger partial charge < -0.3 is 14.7 Å². The van der Waals surface area contributed by atoms with Crippen molar-refractivity contribution in [2.45, 2.75) is 36.2 Å². The molecule has 0 spiro atoms. The lowest BCUT2D eigenvalue weighted by atomic mass is 9.74. The molecule has 4 aromatic rings. The molecule has 4 nitrogen and oxygen atoms in total. The van der Waals surface area contributed by atoms with Gasteiger partial charge in [0.1, 0.15) is 16.4 Å². The molecule has 0 atom stereocenters. The van der Waals surface area contributed by atoms with Crippen LogP contribution in [0.4, 0.5) is 0 Å². The van der Waals surface area contributed by atoms with Crippen LogP contribution in [0.1, 0.15) is 52.4 Å². The minimum atomic E-state index is -0.852. The zero-order chi connectivity index (χ0) is 22.9. The number of thiazole rings is 1. The van der Waals surface area contributed by atoms with Gasteiger partial charge in [-0.1, -0.05) is 48.5 Å². The first-order valence-corrected chi connectivity index (χ1v) is 13.0. The quantitative estimate of drug-likeness (QED) is 0.434. The predicted molar refractivity (Wildman–Crippen MR) is 136 cm³/mol. The number of rotatable bonds is 4. The van der Waals surface area contributed by atoms with Crippen LogP contribution in [0.2, 0.25) is 0 Å². The maximum atomic E-state index is 11.6. The van der Waals surface area contributed by atoms with Crippen LogP contribution in [0, 0.1) is 0 Å². The second kappa shape index (κ2) is 7.38. The lowest BCUT2D eigenvalue weighted by Gasteiger charge is -2.42. The van der Waals surface area contributed by atoms with Gasteiger partial charge in [0.2, 0.25) is 0 Å². The molecule has 2 heterocycles. The van der Waals surface area contributed by atoms with E-state index < -0.39 is 5.60 Å². The summed E-state index contributed by atoms with van der Waals surface area (Å²) >= 11 is 1.60. The van der Waals surface area contributed by atoms with E-state index in [1.807, 2.05) is 18.2 Å². The Morgan fingerprint density at radius 3 is 2.35 bits per heavy atom. The SMILES string of the molecule is COc1ccc2nc(C3(O)CCN(CC45CC(c6ccccc64)c4ccccc45)CC3)sc2c1. The van der Waals surface area contributed by atoms with Crippen molar-refractivity contribution in [2.75, 3.05) is 26.7 Å². The molecule has 172 valence electrons. The molecule has 1 fully saturated rings. The van der Waals surface area contributed by atoms with Crippen molar-refractivity contribution in [3.05, 3.63) is 94.0 Å². The minimum Gasteiger partial charge on any atom is -0.497 e. The maximum absolute atomic E-state index is 11.6. The third-order valence-corrected chi connectivity index (χ3v) is 9.64. The van der Waals surface area contributed by atoms with Crippen LogP contribution in [0.5, 0.6) is 5.75 Å². The third kappa shape index (κ3) is 2.87. The molecule has 2 aliphatic carbocycles. The Kier molecular flexibility index (Phi) is 4.48. The van der Waals surface area contributed by atoms with Crippen LogP contribution in [-0.2, 0) is 11.0 Å². The van der Waals surface area contributed by atoms with Crippen LogP contribution < -0.4 is 4.74 Å². The van der Waals surface area contributed by atoms with Gasteiger partial charge in [0.25, 0.3) is 0 Å². The van der Waals surface area contributed by atoms with Crippen molar-refractivity contribution in [3.63, 3.8) is 0 Å². The number of hydrogen-bond donors (Lipinski definition) is 1. The first kappa shape index (κ1) is 20.6. The normalized spacial score (nSPS) is 24.8. The molecule has 1 aliphatic heterocycles. The fraction of sp³-hybridized carbons (Fsp3) is 0.345. The first-order chi connectivity index (χ1) is 16.6. The van der Waals surface area contributed by atoms with E-state index >= 15 is 0 Å². The van der Waals surface area contributed by atoms with E-state index in [0.29, 0.717) is 18.8 Å². The number of nitrogens with zero attached hydrogens (tertiary/aromatic N) is 2. The summed E-state index contributed by atoms with van der Waals surface area (Å²) in [4.78, 5) is 7.38. The average Bonchev–Trinajstić information content (AvgIpc) is 3.55. The molecule has 3 aromatic carbocycles. The fourth-order valence-corrected chi connectivity index (χ4v) is 7.86. The number of hydrogen-bond acceptors (Lipinski definition) is 5. The van der Waals surface area contributed by atoms with Gasteiger partial charge in [-0.05, 0) is 59.7 Å². The van der Waals surface area contributed by atoms with Gasteiger partial charge >= 0.3 is 0 Å². The summed E-state index contributed by atoms with van der Waals surface area (Å²) in [7, 11) is 1.68. The van der Waals surface area contributed by atoms with E-state index in [2.05, 4.69) is 53.4 Å². The van der Waals surface area contributed by atoms with E-state index in [1.54, 1.807) is 18.4 Å². The monoisotopic (exact) mass is 468 g/mol. The number of aromatic nitrogens is 1. The summed E-state index contributed by atoms with van der Waals surface area (Å²) in [6.07, 6.45) is 2.60. The third-order valence-electron chi connectivity index (χ3n) is 8.43. The molecule has 0 saturated carbocycles. The highest BCUT2D eigenvalue weighted by atomic mass is 32.1. The molecule has 1 aromatic heterocycles. The molecule has 7 rings (SSSR count). The molecule has 1 saturated heterocycles. The fourth-order valence-electron chi connectivity index (χ4n) is 6.72.